The minimum absolute atomic E-state index is 0.0748. The molecule has 1 fully saturated rings. The van der Waals surface area contributed by atoms with E-state index in [1.54, 1.807) is 6.92 Å². The van der Waals surface area contributed by atoms with Crippen molar-refractivity contribution in [3.8, 4) is 5.75 Å². The van der Waals surface area contributed by atoms with Crippen LogP contribution in [0.15, 0.2) is 18.2 Å². The highest BCUT2D eigenvalue weighted by atomic mass is 16.5. The Morgan fingerprint density at radius 1 is 1.24 bits per heavy atom. The van der Waals surface area contributed by atoms with E-state index in [4.69, 9.17) is 9.47 Å². The highest BCUT2D eigenvalue weighted by Crippen LogP contribution is 2.28. The number of rotatable bonds is 6. The molecule has 0 radical (unpaired) electrons. The van der Waals surface area contributed by atoms with Gasteiger partial charge in [0.1, 0.15) is 5.75 Å². The van der Waals surface area contributed by atoms with Crippen LogP contribution >= 0.6 is 0 Å². The smallest absolute Gasteiger partial charge is 0.159 e. The van der Waals surface area contributed by atoms with Crippen LogP contribution in [0.1, 0.15) is 62.4 Å². The fourth-order valence-electron chi connectivity index (χ4n) is 2.81. The van der Waals surface area contributed by atoms with Crippen molar-refractivity contribution in [3.63, 3.8) is 0 Å². The topological polar surface area (TPSA) is 35.5 Å². The Bertz CT molecular complexity index is 473. The molecule has 0 saturated heterocycles. The molecule has 3 nitrogen and oxygen atoms in total. The molecular formula is C18H26O3. The van der Waals surface area contributed by atoms with Crippen LogP contribution in [-0.2, 0) is 11.3 Å². The first-order chi connectivity index (χ1) is 10.1. The zero-order valence-electron chi connectivity index (χ0n) is 13.4. The van der Waals surface area contributed by atoms with Gasteiger partial charge >= 0.3 is 0 Å². The average Bonchev–Trinajstić information content (AvgIpc) is 2.48. The first-order valence-corrected chi connectivity index (χ1v) is 7.98. The summed E-state index contributed by atoms with van der Waals surface area (Å²) in [5.74, 6) is 1.72. The van der Waals surface area contributed by atoms with E-state index in [0.29, 0.717) is 24.9 Å². The van der Waals surface area contributed by atoms with Crippen molar-refractivity contribution in [1.29, 1.82) is 0 Å². The van der Waals surface area contributed by atoms with E-state index < -0.39 is 0 Å². The van der Waals surface area contributed by atoms with Crippen LogP contribution in [0.3, 0.4) is 0 Å². The summed E-state index contributed by atoms with van der Waals surface area (Å²) in [6.45, 7) is 7.00. The second-order valence-electron chi connectivity index (χ2n) is 6.00. The van der Waals surface area contributed by atoms with Gasteiger partial charge in [-0.1, -0.05) is 6.92 Å². The van der Waals surface area contributed by atoms with Crippen LogP contribution in [0.25, 0.3) is 0 Å². The lowest BCUT2D eigenvalue weighted by molar-refractivity contribution is 0.00786. The number of hydrogen-bond acceptors (Lipinski definition) is 3. The number of Topliss-reactive ketones (excluding diaryl/α,β-unsaturated/α-hetero) is 1. The monoisotopic (exact) mass is 290 g/mol. The molecule has 21 heavy (non-hydrogen) atoms. The zero-order valence-corrected chi connectivity index (χ0v) is 13.4. The first-order valence-electron chi connectivity index (χ1n) is 7.98. The number of hydrogen-bond donors (Lipinski definition) is 0. The fraction of sp³-hybridized carbons (Fsp3) is 0.611. The lowest BCUT2D eigenvalue weighted by atomic mass is 9.89. The van der Waals surface area contributed by atoms with E-state index in [9.17, 15) is 4.79 Å². The minimum atomic E-state index is 0.0748. The van der Waals surface area contributed by atoms with Crippen LogP contribution in [-0.4, -0.2) is 18.5 Å². The van der Waals surface area contributed by atoms with Gasteiger partial charge in [0, 0.05) is 11.1 Å². The van der Waals surface area contributed by atoms with Crippen molar-refractivity contribution in [2.45, 2.75) is 59.2 Å². The predicted molar refractivity (Wildman–Crippen MR) is 83.8 cm³/mol. The first kappa shape index (κ1) is 16.0. The van der Waals surface area contributed by atoms with Gasteiger partial charge in [-0.25, -0.2) is 0 Å². The molecule has 1 aliphatic carbocycles. The Balaban J connectivity index is 2.02. The van der Waals surface area contributed by atoms with Crippen molar-refractivity contribution in [2.24, 2.45) is 5.92 Å². The Morgan fingerprint density at radius 2 is 1.95 bits per heavy atom. The van der Waals surface area contributed by atoms with Gasteiger partial charge in [-0.15, -0.1) is 0 Å². The van der Waals surface area contributed by atoms with Crippen molar-refractivity contribution in [2.75, 3.05) is 6.61 Å². The van der Waals surface area contributed by atoms with E-state index in [0.717, 1.165) is 30.1 Å². The fourth-order valence-corrected chi connectivity index (χ4v) is 2.81. The highest BCUT2D eigenvalue weighted by Gasteiger charge is 2.19. The van der Waals surface area contributed by atoms with Crippen LogP contribution in [0.5, 0.6) is 5.75 Å². The molecule has 1 aromatic rings. The molecule has 0 amide bonds. The van der Waals surface area contributed by atoms with Gasteiger partial charge in [0.25, 0.3) is 0 Å². The van der Waals surface area contributed by atoms with Gasteiger partial charge in [0.15, 0.2) is 5.78 Å². The maximum atomic E-state index is 11.5. The summed E-state index contributed by atoms with van der Waals surface area (Å²) in [6, 6.07) is 5.60. The van der Waals surface area contributed by atoms with Crippen LogP contribution in [0, 0.1) is 5.92 Å². The van der Waals surface area contributed by atoms with Gasteiger partial charge in [0.05, 0.1) is 19.3 Å². The molecule has 0 atom stereocenters. The van der Waals surface area contributed by atoms with Gasteiger partial charge in [-0.3, -0.25) is 4.79 Å². The molecule has 1 saturated carbocycles. The summed E-state index contributed by atoms with van der Waals surface area (Å²) in [5, 5.41) is 0. The molecule has 0 heterocycles. The average molecular weight is 290 g/mol. The Kier molecular flexibility index (Phi) is 5.80. The number of carbonyl (C=O) groups is 1. The van der Waals surface area contributed by atoms with Gasteiger partial charge in [-0.2, -0.15) is 0 Å². The van der Waals surface area contributed by atoms with Crippen molar-refractivity contribution >= 4 is 5.78 Å². The molecule has 2 rings (SSSR count). The van der Waals surface area contributed by atoms with Gasteiger partial charge in [-0.05, 0) is 63.6 Å². The van der Waals surface area contributed by atoms with Crippen LogP contribution in [0.4, 0.5) is 0 Å². The van der Waals surface area contributed by atoms with E-state index >= 15 is 0 Å². The third-order valence-corrected chi connectivity index (χ3v) is 4.20. The van der Waals surface area contributed by atoms with Crippen molar-refractivity contribution in [3.05, 3.63) is 29.3 Å². The Labute approximate surface area is 127 Å². The van der Waals surface area contributed by atoms with Crippen LogP contribution < -0.4 is 4.74 Å². The van der Waals surface area contributed by atoms with Gasteiger partial charge < -0.3 is 9.47 Å². The second-order valence-corrected chi connectivity index (χ2v) is 6.00. The van der Waals surface area contributed by atoms with Crippen molar-refractivity contribution in [1.82, 2.24) is 0 Å². The maximum Gasteiger partial charge on any atom is 0.159 e. The summed E-state index contributed by atoms with van der Waals surface area (Å²) >= 11 is 0. The Morgan fingerprint density at radius 3 is 2.57 bits per heavy atom. The molecule has 0 aromatic heterocycles. The molecule has 0 spiro atoms. The molecule has 0 N–H and O–H groups in total. The number of benzene rings is 1. The zero-order chi connectivity index (χ0) is 15.2. The molecule has 0 unspecified atom stereocenters. The van der Waals surface area contributed by atoms with E-state index in [1.165, 1.54) is 12.8 Å². The van der Waals surface area contributed by atoms with E-state index in [-0.39, 0.29) is 5.78 Å². The molecule has 0 bridgehead atoms. The minimum Gasteiger partial charge on any atom is -0.494 e. The molecule has 1 aromatic carbocycles. The number of ether oxygens (including phenoxy) is 2. The number of ketones is 1. The summed E-state index contributed by atoms with van der Waals surface area (Å²) in [5.41, 5.74) is 1.69. The molecule has 3 heteroatoms. The van der Waals surface area contributed by atoms with Crippen LogP contribution in [0.2, 0.25) is 0 Å². The third-order valence-electron chi connectivity index (χ3n) is 4.20. The normalized spacial score (nSPS) is 22.0. The lowest BCUT2D eigenvalue weighted by Gasteiger charge is -2.26. The molecular weight excluding hydrogens is 264 g/mol. The quantitative estimate of drug-likeness (QED) is 0.729. The van der Waals surface area contributed by atoms with Crippen molar-refractivity contribution < 1.29 is 14.3 Å². The largest absolute Gasteiger partial charge is 0.494 e. The summed E-state index contributed by atoms with van der Waals surface area (Å²) in [6.07, 6.45) is 5.11. The highest BCUT2D eigenvalue weighted by molar-refractivity contribution is 5.94. The summed E-state index contributed by atoms with van der Waals surface area (Å²) < 4.78 is 11.7. The SMILES string of the molecule is CCOc1ccc(C(C)=O)cc1COC1CCC(C)CC1. The predicted octanol–water partition coefficient (Wildman–Crippen LogP) is 4.38. The van der Waals surface area contributed by atoms with E-state index in [1.807, 2.05) is 25.1 Å². The Hall–Kier alpha value is -1.35. The number of carbonyl (C=O) groups excluding carboxylic acids is 1. The molecule has 116 valence electrons. The van der Waals surface area contributed by atoms with Gasteiger partial charge in [0.2, 0.25) is 0 Å². The molecule has 1 aliphatic rings. The summed E-state index contributed by atoms with van der Waals surface area (Å²) in [4.78, 5) is 11.5. The second kappa shape index (κ2) is 7.60. The standard InChI is InChI=1S/C18H26O3/c1-4-20-18-10-7-15(14(3)19)11-16(18)12-21-17-8-5-13(2)6-9-17/h7,10-11,13,17H,4-6,8-9,12H2,1-3H3. The molecule has 0 aliphatic heterocycles. The lowest BCUT2D eigenvalue weighted by Crippen LogP contribution is -2.20. The maximum absolute atomic E-state index is 11.5. The third kappa shape index (κ3) is 4.57. The van der Waals surface area contributed by atoms with E-state index in [2.05, 4.69) is 6.92 Å². The summed E-state index contributed by atoms with van der Waals surface area (Å²) in [7, 11) is 0.